The van der Waals surface area contributed by atoms with Gasteiger partial charge in [0.1, 0.15) is 0 Å². The zero-order chi connectivity index (χ0) is 25.1. The third-order valence-corrected chi connectivity index (χ3v) is 10.8. The molecule has 4 atom stereocenters. The molecule has 3 saturated carbocycles. The SMILES string of the molecule is C=CC12CCC/C(=C\C=C3\CCCC(O)C3=C)C1CCC2CCCCS(=O)(=O)c1ccc(C)cc1. The maximum atomic E-state index is 12.7. The zero-order valence-corrected chi connectivity index (χ0v) is 22.2. The maximum absolute atomic E-state index is 12.7. The molecule has 0 radical (unpaired) electrons. The van der Waals surface area contributed by atoms with Gasteiger partial charge in [-0.05, 0) is 112 Å². The third kappa shape index (κ3) is 5.59. The molecule has 35 heavy (non-hydrogen) atoms. The van der Waals surface area contributed by atoms with E-state index in [1.165, 1.54) is 36.8 Å². The number of allylic oxidation sites excluding steroid dienone is 4. The van der Waals surface area contributed by atoms with E-state index in [1.807, 2.05) is 19.1 Å². The van der Waals surface area contributed by atoms with Gasteiger partial charge in [0.05, 0.1) is 16.8 Å². The molecule has 0 aliphatic heterocycles. The van der Waals surface area contributed by atoms with Gasteiger partial charge in [-0.25, -0.2) is 8.42 Å². The summed E-state index contributed by atoms with van der Waals surface area (Å²) < 4.78 is 25.4. The van der Waals surface area contributed by atoms with Crippen molar-refractivity contribution in [3.63, 3.8) is 0 Å². The summed E-state index contributed by atoms with van der Waals surface area (Å²) in [6.45, 7) is 10.4. The minimum absolute atomic E-state index is 0.140. The second-order valence-electron chi connectivity index (χ2n) is 11.0. The lowest BCUT2D eigenvalue weighted by atomic mass is 9.61. The average Bonchev–Trinajstić information content (AvgIpc) is 3.22. The van der Waals surface area contributed by atoms with Crippen LogP contribution in [0.3, 0.4) is 0 Å². The van der Waals surface area contributed by atoms with E-state index in [0.29, 0.717) is 23.2 Å². The molecule has 4 unspecified atom stereocenters. The van der Waals surface area contributed by atoms with E-state index in [4.69, 9.17) is 0 Å². The van der Waals surface area contributed by atoms with Gasteiger partial charge in [-0.3, -0.25) is 0 Å². The Hall–Kier alpha value is -1.91. The number of sulfone groups is 1. The highest BCUT2D eigenvalue weighted by atomic mass is 32.2. The Morgan fingerprint density at radius 1 is 1.06 bits per heavy atom. The first-order valence-corrected chi connectivity index (χ1v) is 15.1. The molecule has 0 heterocycles. The number of benzene rings is 1. The fourth-order valence-corrected chi connectivity index (χ4v) is 8.24. The van der Waals surface area contributed by atoms with Gasteiger partial charge >= 0.3 is 0 Å². The summed E-state index contributed by atoms with van der Waals surface area (Å²) in [5, 5.41) is 10.2. The van der Waals surface area contributed by atoms with Crippen LogP contribution in [0.4, 0.5) is 0 Å². The molecule has 1 aromatic carbocycles. The van der Waals surface area contributed by atoms with Crippen molar-refractivity contribution in [1.82, 2.24) is 0 Å². The van der Waals surface area contributed by atoms with Gasteiger partial charge < -0.3 is 5.11 Å². The first kappa shape index (κ1) is 26.2. The van der Waals surface area contributed by atoms with Crippen LogP contribution >= 0.6 is 0 Å². The average molecular weight is 495 g/mol. The molecule has 3 aliphatic rings. The monoisotopic (exact) mass is 494 g/mol. The van der Waals surface area contributed by atoms with Crippen molar-refractivity contribution < 1.29 is 13.5 Å². The highest BCUT2D eigenvalue weighted by Crippen LogP contribution is 2.59. The Morgan fingerprint density at radius 2 is 1.83 bits per heavy atom. The summed E-state index contributed by atoms with van der Waals surface area (Å²) in [5.41, 5.74) is 4.84. The molecule has 4 heteroatoms. The molecule has 4 rings (SSSR count). The fraction of sp³-hybridized carbons (Fsp3) is 0.548. The standard InChI is InChI=1S/C31H42O3S/c1-4-31-21-8-10-26(16-15-25-9-7-12-30(32)24(25)3)29(31)20-17-27(31)11-5-6-22-35(33,34)28-18-13-23(2)14-19-28/h4,13-16,18-19,27,29-30,32H,1,3,5-12,17,20-22H2,2H3/b25-15-,26-16+. The molecule has 3 fully saturated rings. The van der Waals surface area contributed by atoms with Crippen LogP contribution in [0, 0.1) is 24.2 Å². The van der Waals surface area contributed by atoms with Gasteiger partial charge in [0.15, 0.2) is 9.84 Å². The Kier molecular flexibility index (Phi) is 8.23. The minimum Gasteiger partial charge on any atom is -0.388 e. The molecule has 0 spiro atoms. The van der Waals surface area contributed by atoms with Crippen molar-refractivity contribution in [3.05, 3.63) is 77.9 Å². The predicted octanol–water partition coefficient (Wildman–Crippen LogP) is 7.28. The maximum Gasteiger partial charge on any atom is 0.178 e. The Labute approximate surface area is 212 Å². The van der Waals surface area contributed by atoms with Crippen LogP contribution in [0.2, 0.25) is 0 Å². The summed E-state index contributed by atoms with van der Waals surface area (Å²) in [6, 6.07) is 7.20. The molecule has 0 amide bonds. The smallest absolute Gasteiger partial charge is 0.178 e. The van der Waals surface area contributed by atoms with E-state index in [-0.39, 0.29) is 11.2 Å². The number of aliphatic hydroxyl groups excluding tert-OH is 1. The van der Waals surface area contributed by atoms with Gasteiger partial charge in [-0.1, -0.05) is 54.5 Å². The highest BCUT2D eigenvalue weighted by molar-refractivity contribution is 7.91. The van der Waals surface area contributed by atoms with Crippen LogP contribution < -0.4 is 0 Å². The summed E-state index contributed by atoms with van der Waals surface area (Å²) in [5.74, 6) is 1.34. The number of aliphatic hydroxyl groups is 1. The Morgan fingerprint density at radius 3 is 2.57 bits per heavy atom. The van der Waals surface area contributed by atoms with Crippen LogP contribution in [0.5, 0.6) is 0 Å². The molecular formula is C31H42O3S. The van der Waals surface area contributed by atoms with Crippen LogP contribution in [0.15, 0.2) is 77.3 Å². The van der Waals surface area contributed by atoms with Crippen molar-refractivity contribution in [2.75, 3.05) is 5.75 Å². The molecule has 190 valence electrons. The largest absolute Gasteiger partial charge is 0.388 e. The fourth-order valence-electron chi connectivity index (χ4n) is 6.87. The van der Waals surface area contributed by atoms with Crippen LogP contribution in [-0.4, -0.2) is 25.4 Å². The molecular weight excluding hydrogens is 452 g/mol. The lowest BCUT2D eigenvalue weighted by molar-refractivity contribution is 0.166. The van der Waals surface area contributed by atoms with Gasteiger partial charge in [-0.15, -0.1) is 6.58 Å². The van der Waals surface area contributed by atoms with E-state index < -0.39 is 15.9 Å². The Balaban J connectivity index is 1.39. The molecule has 0 aromatic heterocycles. The van der Waals surface area contributed by atoms with Gasteiger partial charge in [-0.2, -0.15) is 0 Å². The van der Waals surface area contributed by atoms with Gasteiger partial charge in [0.2, 0.25) is 0 Å². The normalized spacial score (nSPS) is 31.6. The van der Waals surface area contributed by atoms with E-state index >= 15 is 0 Å². The van der Waals surface area contributed by atoms with E-state index in [9.17, 15) is 13.5 Å². The predicted molar refractivity (Wildman–Crippen MR) is 145 cm³/mol. The topological polar surface area (TPSA) is 54.4 Å². The van der Waals surface area contributed by atoms with Crippen molar-refractivity contribution in [2.45, 2.75) is 88.6 Å². The van der Waals surface area contributed by atoms with Gasteiger partial charge in [0, 0.05) is 0 Å². The van der Waals surface area contributed by atoms with Crippen molar-refractivity contribution in [1.29, 1.82) is 0 Å². The Bertz CT molecular complexity index is 1090. The summed E-state index contributed by atoms with van der Waals surface area (Å²) in [7, 11) is -3.21. The molecule has 1 aromatic rings. The lowest BCUT2D eigenvalue weighted by Crippen LogP contribution is -2.34. The molecule has 0 saturated heterocycles. The molecule has 1 N–H and O–H groups in total. The number of hydrogen-bond acceptors (Lipinski definition) is 3. The zero-order valence-electron chi connectivity index (χ0n) is 21.3. The molecule has 3 aliphatic carbocycles. The van der Waals surface area contributed by atoms with Gasteiger partial charge in [0.25, 0.3) is 0 Å². The lowest BCUT2D eigenvalue weighted by Gasteiger charge is -2.43. The first-order valence-electron chi connectivity index (χ1n) is 13.5. The first-order chi connectivity index (χ1) is 16.8. The van der Waals surface area contributed by atoms with Crippen LogP contribution in [0.1, 0.15) is 76.2 Å². The number of hydrogen-bond donors (Lipinski definition) is 1. The molecule has 0 bridgehead atoms. The van der Waals surface area contributed by atoms with Crippen molar-refractivity contribution >= 4 is 9.84 Å². The number of rotatable bonds is 8. The third-order valence-electron chi connectivity index (χ3n) is 8.95. The second kappa shape index (κ2) is 11.0. The van der Waals surface area contributed by atoms with E-state index in [1.54, 1.807) is 12.1 Å². The second-order valence-corrected chi connectivity index (χ2v) is 13.1. The summed E-state index contributed by atoms with van der Waals surface area (Å²) in [6.07, 6.45) is 17.9. The summed E-state index contributed by atoms with van der Waals surface area (Å²) >= 11 is 0. The number of unbranched alkanes of at least 4 members (excludes halogenated alkanes) is 1. The van der Waals surface area contributed by atoms with Crippen molar-refractivity contribution in [2.24, 2.45) is 17.3 Å². The number of aryl methyl sites for hydroxylation is 1. The van der Waals surface area contributed by atoms with E-state index in [2.05, 4.69) is 31.4 Å². The van der Waals surface area contributed by atoms with Crippen LogP contribution in [-0.2, 0) is 9.84 Å². The molecule has 3 nitrogen and oxygen atoms in total. The summed E-state index contributed by atoms with van der Waals surface area (Å²) in [4.78, 5) is 0.441. The highest BCUT2D eigenvalue weighted by Gasteiger charge is 2.49. The quantitative estimate of drug-likeness (QED) is 0.305. The van der Waals surface area contributed by atoms with E-state index in [0.717, 1.165) is 49.7 Å². The van der Waals surface area contributed by atoms with Crippen LogP contribution in [0.25, 0.3) is 0 Å². The van der Waals surface area contributed by atoms with Crippen molar-refractivity contribution in [3.8, 4) is 0 Å². The minimum atomic E-state index is -3.21. The number of fused-ring (bicyclic) bond motifs is 1.